The summed E-state index contributed by atoms with van der Waals surface area (Å²) in [6.07, 6.45) is 2.39. The van der Waals surface area contributed by atoms with Crippen LogP contribution in [0.25, 0.3) is 0 Å². The van der Waals surface area contributed by atoms with Gasteiger partial charge in [0.25, 0.3) is 5.91 Å². The van der Waals surface area contributed by atoms with Gasteiger partial charge in [-0.25, -0.2) is 4.68 Å². The van der Waals surface area contributed by atoms with Gasteiger partial charge in [0.2, 0.25) is 0 Å². The molecule has 21 heavy (non-hydrogen) atoms. The lowest BCUT2D eigenvalue weighted by Crippen LogP contribution is -2.26. The van der Waals surface area contributed by atoms with Crippen molar-refractivity contribution in [2.45, 2.75) is 19.4 Å². The molecule has 2 aromatic rings. The third kappa shape index (κ3) is 2.33. The quantitative estimate of drug-likeness (QED) is 0.897. The standard InChI is InChI=1S/C15H18N4O2/c1-2-21-13-6-4-3-5-10(13)12-7-8-17-15-11(14(16)20)9-18-19(12)15/h3-6,9,12,17H,2,7-8H2,1H3,(H2,16,20). The Hall–Kier alpha value is -2.50. The van der Waals surface area contributed by atoms with Crippen molar-refractivity contribution in [1.29, 1.82) is 0 Å². The number of fused-ring (bicyclic) bond motifs is 1. The molecule has 1 amide bonds. The van der Waals surface area contributed by atoms with E-state index in [1.807, 2.05) is 35.9 Å². The van der Waals surface area contributed by atoms with Crippen molar-refractivity contribution in [3.05, 3.63) is 41.6 Å². The van der Waals surface area contributed by atoms with Crippen LogP contribution in [0.15, 0.2) is 30.5 Å². The van der Waals surface area contributed by atoms with Crippen LogP contribution in [0.5, 0.6) is 5.75 Å². The SMILES string of the molecule is CCOc1ccccc1C1CCNc2c(C(N)=O)cnn21. The zero-order chi connectivity index (χ0) is 14.8. The second kappa shape index (κ2) is 5.47. The van der Waals surface area contributed by atoms with E-state index in [0.717, 1.165) is 24.3 Å². The Labute approximate surface area is 122 Å². The maximum atomic E-state index is 11.5. The predicted octanol–water partition coefficient (Wildman–Crippen LogP) is 1.79. The molecular weight excluding hydrogens is 268 g/mol. The van der Waals surface area contributed by atoms with E-state index in [9.17, 15) is 4.79 Å². The summed E-state index contributed by atoms with van der Waals surface area (Å²) in [7, 11) is 0. The second-order valence-electron chi connectivity index (χ2n) is 4.92. The first kappa shape index (κ1) is 13.5. The van der Waals surface area contributed by atoms with Crippen LogP contribution in [-0.4, -0.2) is 28.8 Å². The Morgan fingerprint density at radius 3 is 3.10 bits per heavy atom. The average Bonchev–Trinajstić information content (AvgIpc) is 2.92. The molecule has 0 fully saturated rings. The first-order valence-electron chi connectivity index (χ1n) is 7.05. The number of benzene rings is 1. The van der Waals surface area contributed by atoms with Crippen molar-refractivity contribution in [1.82, 2.24) is 9.78 Å². The highest BCUT2D eigenvalue weighted by molar-refractivity contribution is 5.97. The normalized spacial score (nSPS) is 16.9. The fourth-order valence-electron chi connectivity index (χ4n) is 2.73. The van der Waals surface area contributed by atoms with Gasteiger partial charge in [-0.05, 0) is 19.4 Å². The first-order valence-corrected chi connectivity index (χ1v) is 7.05. The van der Waals surface area contributed by atoms with E-state index in [4.69, 9.17) is 10.5 Å². The number of aromatic nitrogens is 2. The van der Waals surface area contributed by atoms with Crippen LogP contribution in [0.3, 0.4) is 0 Å². The molecule has 0 radical (unpaired) electrons. The molecule has 1 unspecified atom stereocenters. The van der Waals surface area contributed by atoms with Crippen LogP contribution in [0.4, 0.5) is 5.82 Å². The number of amides is 1. The largest absolute Gasteiger partial charge is 0.494 e. The van der Waals surface area contributed by atoms with Crippen molar-refractivity contribution in [3.8, 4) is 5.75 Å². The summed E-state index contributed by atoms with van der Waals surface area (Å²) in [5, 5.41) is 7.54. The molecule has 1 atom stereocenters. The molecule has 1 aromatic heterocycles. The van der Waals surface area contributed by atoms with E-state index < -0.39 is 5.91 Å². The molecule has 1 aromatic carbocycles. The molecule has 0 saturated carbocycles. The van der Waals surface area contributed by atoms with Gasteiger partial charge in [0.05, 0.1) is 18.8 Å². The van der Waals surface area contributed by atoms with Crippen LogP contribution in [0.1, 0.15) is 35.3 Å². The molecule has 1 aliphatic heterocycles. The van der Waals surface area contributed by atoms with E-state index >= 15 is 0 Å². The molecule has 6 heteroatoms. The fourth-order valence-corrected chi connectivity index (χ4v) is 2.73. The summed E-state index contributed by atoms with van der Waals surface area (Å²) in [6, 6.07) is 7.97. The summed E-state index contributed by atoms with van der Waals surface area (Å²) in [4.78, 5) is 11.5. The minimum Gasteiger partial charge on any atom is -0.494 e. The lowest BCUT2D eigenvalue weighted by Gasteiger charge is -2.27. The summed E-state index contributed by atoms with van der Waals surface area (Å²) in [6.45, 7) is 3.33. The number of ether oxygens (including phenoxy) is 1. The first-order chi connectivity index (χ1) is 10.2. The minimum atomic E-state index is -0.470. The van der Waals surface area contributed by atoms with Crippen molar-refractivity contribution in [3.63, 3.8) is 0 Å². The predicted molar refractivity (Wildman–Crippen MR) is 79.6 cm³/mol. The van der Waals surface area contributed by atoms with Gasteiger partial charge in [0.1, 0.15) is 17.1 Å². The molecule has 0 saturated heterocycles. The van der Waals surface area contributed by atoms with Crippen LogP contribution in [0.2, 0.25) is 0 Å². The second-order valence-corrected chi connectivity index (χ2v) is 4.92. The third-order valence-electron chi connectivity index (χ3n) is 3.64. The van der Waals surface area contributed by atoms with E-state index in [0.29, 0.717) is 18.0 Å². The highest BCUT2D eigenvalue weighted by Crippen LogP contribution is 2.35. The van der Waals surface area contributed by atoms with Crippen LogP contribution >= 0.6 is 0 Å². The number of carbonyl (C=O) groups is 1. The Morgan fingerprint density at radius 2 is 2.33 bits per heavy atom. The van der Waals surface area contributed by atoms with Gasteiger partial charge in [-0.2, -0.15) is 5.10 Å². The van der Waals surface area contributed by atoms with Crippen molar-refractivity contribution < 1.29 is 9.53 Å². The van der Waals surface area contributed by atoms with Crippen molar-refractivity contribution >= 4 is 11.7 Å². The number of nitrogens with one attached hydrogen (secondary N) is 1. The van der Waals surface area contributed by atoms with Crippen LogP contribution < -0.4 is 15.8 Å². The van der Waals surface area contributed by atoms with E-state index in [-0.39, 0.29) is 6.04 Å². The number of hydrogen-bond acceptors (Lipinski definition) is 4. The maximum absolute atomic E-state index is 11.5. The minimum absolute atomic E-state index is 0.0390. The van der Waals surface area contributed by atoms with Gasteiger partial charge in [-0.3, -0.25) is 4.79 Å². The Bertz CT molecular complexity index is 665. The Kier molecular flexibility index (Phi) is 3.51. The highest BCUT2D eigenvalue weighted by atomic mass is 16.5. The van der Waals surface area contributed by atoms with Gasteiger partial charge in [0, 0.05) is 12.1 Å². The molecule has 0 spiro atoms. The lowest BCUT2D eigenvalue weighted by atomic mass is 10.0. The zero-order valence-electron chi connectivity index (χ0n) is 11.9. The number of primary amides is 1. The zero-order valence-corrected chi connectivity index (χ0v) is 11.9. The molecule has 6 nitrogen and oxygen atoms in total. The number of anilines is 1. The van der Waals surface area contributed by atoms with Gasteiger partial charge in [-0.1, -0.05) is 18.2 Å². The monoisotopic (exact) mass is 286 g/mol. The van der Waals surface area contributed by atoms with Gasteiger partial charge >= 0.3 is 0 Å². The summed E-state index contributed by atoms with van der Waals surface area (Å²) in [5.74, 6) is 1.07. The number of carbonyl (C=O) groups excluding carboxylic acids is 1. The van der Waals surface area contributed by atoms with Crippen molar-refractivity contribution in [2.75, 3.05) is 18.5 Å². The third-order valence-corrected chi connectivity index (χ3v) is 3.64. The Morgan fingerprint density at radius 1 is 1.52 bits per heavy atom. The molecule has 0 bridgehead atoms. The molecule has 110 valence electrons. The number of nitrogens with zero attached hydrogens (tertiary/aromatic N) is 2. The van der Waals surface area contributed by atoms with Gasteiger partial charge in [0.15, 0.2) is 0 Å². The summed E-state index contributed by atoms with van der Waals surface area (Å²) >= 11 is 0. The van der Waals surface area contributed by atoms with E-state index in [2.05, 4.69) is 10.4 Å². The molecule has 1 aliphatic rings. The molecule has 2 heterocycles. The number of hydrogen-bond donors (Lipinski definition) is 2. The fraction of sp³-hybridized carbons (Fsp3) is 0.333. The molecular formula is C15H18N4O2. The maximum Gasteiger partial charge on any atom is 0.254 e. The van der Waals surface area contributed by atoms with Crippen LogP contribution in [0, 0.1) is 0 Å². The molecule has 0 aliphatic carbocycles. The molecule has 3 rings (SSSR count). The van der Waals surface area contributed by atoms with Crippen LogP contribution in [-0.2, 0) is 0 Å². The van der Waals surface area contributed by atoms with E-state index in [1.165, 1.54) is 6.20 Å². The van der Waals surface area contributed by atoms with Gasteiger partial charge < -0.3 is 15.8 Å². The summed E-state index contributed by atoms with van der Waals surface area (Å²) in [5.41, 5.74) is 6.88. The molecule has 3 N–H and O–H groups in total. The smallest absolute Gasteiger partial charge is 0.254 e. The number of para-hydroxylation sites is 1. The van der Waals surface area contributed by atoms with Gasteiger partial charge in [-0.15, -0.1) is 0 Å². The number of rotatable bonds is 4. The highest BCUT2D eigenvalue weighted by Gasteiger charge is 2.27. The number of nitrogens with two attached hydrogens (primary N) is 1. The lowest BCUT2D eigenvalue weighted by molar-refractivity contribution is 0.100. The Balaban J connectivity index is 2.05. The van der Waals surface area contributed by atoms with E-state index in [1.54, 1.807) is 0 Å². The average molecular weight is 286 g/mol. The summed E-state index contributed by atoms with van der Waals surface area (Å²) < 4.78 is 7.53. The van der Waals surface area contributed by atoms with Crippen molar-refractivity contribution in [2.24, 2.45) is 5.73 Å². The topological polar surface area (TPSA) is 82.2 Å².